The average Bonchev–Trinajstić information content (AvgIpc) is 2.66. The molecule has 0 spiro atoms. The molecule has 9 heteroatoms. The van der Waals surface area contributed by atoms with Crippen LogP contribution in [-0.2, 0) is 19.6 Å². The van der Waals surface area contributed by atoms with Crippen LogP contribution in [0.15, 0.2) is 29.2 Å². The van der Waals surface area contributed by atoms with E-state index in [0.29, 0.717) is 18.2 Å². The van der Waals surface area contributed by atoms with E-state index in [1.807, 2.05) is 0 Å². The SMILES string of the molecule is CC(=O)Nc1ccc(S(=O)(=O)N[C@@H](C)C(=O)NCC(C)CN2CCCCC2)cc1. The quantitative estimate of drug-likeness (QED) is 0.557. The van der Waals surface area contributed by atoms with Gasteiger partial charge in [0.25, 0.3) is 0 Å². The van der Waals surface area contributed by atoms with Crippen LogP contribution in [0.25, 0.3) is 0 Å². The highest BCUT2D eigenvalue weighted by atomic mass is 32.2. The molecule has 2 rings (SSSR count). The molecule has 0 radical (unpaired) electrons. The molecule has 1 aromatic carbocycles. The van der Waals surface area contributed by atoms with Gasteiger partial charge in [0.05, 0.1) is 10.9 Å². The van der Waals surface area contributed by atoms with Gasteiger partial charge >= 0.3 is 0 Å². The largest absolute Gasteiger partial charge is 0.354 e. The molecule has 29 heavy (non-hydrogen) atoms. The highest BCUT2D eigenvalue weighted by molar-refractivity contribution is 7.89. The van der Waals surface area contributed by atoms with Crippen molar-refractivity contribution in [3.05, 3.63) is 24.3 Å². The Labute approximate surface area is 173 Å². The van der Waals surface area contributed by atoms with E-state index in [2.05, 4.69) is 27.2 Å². The summed E-state index contributed by atoms with van der Waals surface area (Å²) < 4.78 is 27.4. The topological polar surface area (TPSA) is 108 Å². The summed E-state index contributed by atoms with van der Waals surface area (Å²) in [4.78, 5) is 25.8. The Hall–Kier alpha value is -1.97. The van der Waals surface area contributed by atoms with Gasteiger partial charge < -0.3 is 15.5 Å². The summed E-state index contributed by atoms with van der Waals surface area (Å²) in [6, 6.07) is 4.89. The molecule has 1 heterocycles. The second-order valence-electron chi connectivity index (χ2n) is 7.76. The van der Waals surface area contributed by atoms with Gasteiger partial charge in [0.2, 0.25) is 21.8 Å². The zero-order chi connectivity index (χ0) is 21.4. The molecule has 1 unspecified atom stereocenters. The summed E-state index contributed by atoms with van der Waals surface area (Å²) in [6.45, 7) is 8.63. The van der Waals surface area contributed by atoms with E-state index >= 15 is 0 Å². The summed E-state index contributed by atoms with van der Waals surface area (Å²) in [7, 11) is -3.84. The van der Waals surface area contributed by atoms with Gasteiger partial charge in [0.15, 0.2) is 0 Å². The van der Waals surface area contributed by atoms with Gasteiger partial charge in [-0.3, -0.25) is 9.59 Å². The number of amides is 2. The van der Waals surface area contributed by atoms with Crippen LogP contribution in [0, 0.1) is 5.92 Å². The molecule has 2 amide bonds. The first kappa shape index (κ1) is 23.3. The second-order valence-corrected chi connectivity index (χ2v) is 9.47. The van der Waals surface area contributed by atoms with Crippen molar-refractivity contribution in [1.29, 1.82) is 0 Å². The van der Waals surface area contributed by atoms with Gasteiger partial charge in [-0.2, -0.15) is 4.72 Å². The maximum atomic E-state index is 12.5. The van der Waals surface area contributed by atoms with Crippen molar-refractivity contribution >= 4 is 27.5 Å². The first-order valence-corrected chi connectivity index (χ1v) is 11.6. The second kappa shape index (κ2) is 10.7. The fraction of sp³-hybridized carbons (Fsp3) is 0.600. The van der Waals surface area contributed by atoms with Crippen molar-refractivity contribution in [2.75, 3.05) is 31.5 Å². The van der Waals surface area contributed by atoms with Crippen LogP contribution >= 0.6 is 0 Å². The standard InChI is InChI=1S/C20H32N4O4S/c1-15(14-24-11-5-4-6-12-24)13-21-20(26)16(2)23-29(27,28)19-9-7-18(8-10-19)22-17(3)25/h7-10,15-16,23H,4-6,11-14H2,1-3H3,(H,21,26)(H,22,25)/t15?,16-/m0/s1. The lowest BCUT2D eigenvalue weighted by atomic mass is 10.1. The van der Waals surface area contributed by atoms with Crippen LogP contribution in [0.5, 0.6) is 0 Å². The van der Waals surface area contributed by atoms with Crippen LogP contribution in [0.3, 0.4) is 0 Å². The van der Waals surface area contributed by atoms with E-state index in [-0.39, 0.29) is 16.7 Å². The lowest BCUT2D eigenvalue weighted by Gasteiger charge is -2.29. The Balaban J connectivity index is 1.83. The number of anilines is 1. The summed E-state index contributed by atoms with van der Waals surface area (Å²) in [5, 5.41) is 5.41. The third-order valence-electron chi connectivity index (χ3n) is 4.85. The van der Waals surface area contributed by atoms with Gasteiger partial charge in [-0.25, -0.2) is 8.42 Å². The van der Waals surface area contributed by atoms with Crippen molar-refractivity contribution < 1.29 is 18.0 Å². The molecule has 1 saturated heterocycles. The first-order chi connectivity index (χ1) is 13.7. The minimum atomic E-state index is -3.84. The predicted octanol–water partition coefficient (Wildman–Crippen LogP) is 1.55. The number of carbonyl (C=O) groups excluding carboxylic acids is 2. The number of hydrogen-bond acceptors (Lipinski definition) is 5. The van der Waals surface area contributed by atoms with Crippen LogP contribution < -0.4 is 15.4 Å². The predicted molar refractivity (Wildman–Crippen MR) is 113 cm³/mol. The van der Waals surface area contributed by atoms with Crippen LogP contribution in [0.2, 0.25) is 0 Å². The van der Waals surface area contributed by atoms with Gasteiger partial charge in [-0.15, -0.1) is 0 Å². The fourth-order valence-electron chi connectivity index (χ4n) is 3.35. The maximum Gasteiger partial charge on any atom is 0.241 e. The number of piperidine rings is 1. The Bertz CT molecular complexity index is 789. The zero-order valence-electron chi connectivity index (χ0n) is 17.4. The minimum Gasteiger partial charge on any atom is -0.354 e. The lowest BCUT2D eigenvalue weighted by molar-refractivity contribution is -0.122. The first-order valence-electron chi connectivity index (χ1n) is 10.1. The summed E-state index contributed by atoms with van der Waals surface area (Å²) in [5.41, 5.74) is 0.505. The number of carbonyl (C=O) groups is 2. The molecule has 3 N–H and O–H groups in total. The molecule has 8 nitrogen and oxygen atoms in total. The maximum absolute atomic E-state index is 12.5. The van der Waals surface area contributed by atoms with Crippen molar-refractivity contribution in [1.82, 2.24) is 14.9 Å². The molecule has 0 aromatic heterocycles. The molecule has 1 fully saturated rings. The number of benzene rings is 1. The molecule has 162 valence electrons. The van der Waals surface area contributed by atoms with Crippen LogP contribution in [0.4, 0.5) is 5.69 Å². The summed E-state index contributed by atoms with van der Waals surface area (Å²) in [6.07, 6.45) is 3.74. The number of hydrogen-bond donors (Lipinski definition) is 3. The number of sulfonamides is 1. The van der Waals surface area contributed by atoms with E-state index in [1.165, 1.54) is 57.4 Å². The van der Waals surface area contributed by atoms with Crippen molar-refractivity contribution in [2.24, 2.45) is 5.92 Å². The van der Waals surface area contributed by atoms with Crippen molar-refractivity contribution in [3.63, 3.8) is 0 Å². The number of rotatable bonds is 9. The fourth-order valence-corrected chi connectivity index (χ4v) is 4.55. The number of nitrogens with zero attached hydrogens (tertiary/aromatic N) is 1. The highest BCUT2D eigenvalue weighted by Crippen LogP contribution is 2.14. The number of likely N-dealkylation sites (tertiary alicyclic amines) is 1. The van der Waals surface area contributed by atoms with E-state index in [4.69, 9.17) is 0 Å². The van der Waals surface area contributed by atoms with Gasteiger partial charge in [-0.1, -0.05) is 13.3 Å². The van der Waals surface area contributed by atoms with Crippen molar-refractivity contribution in [2.45, 2.75) is 51.0 Å². The molecule has 2 atom stereocenters. The Kier molecular flexibility index (Phi) is 8.60. The van der Waals surface area contributed by atoms with Gasteiger partial charge in [0.1, 0.15) is 0 Å². The third-order valence-corrected chi connectivity index (χ3v) is 6.41. The monoisotopic (exact) mass is 424 g/mol. The molecule has 0 bridgehead atoms. The Morgan fingerprint density at radius 1 is 1.07 bits per heavy atom. The lowest BCUT2D eigenvalue weighted by Crippen LogP contribution is -2.46. The molecule has 0 saturated carbocycles. The Morgan fingerprint density at radius 2 is 1.69 bits per heavy atom. The molecule has 1 aliphatic heterocycles. The smallest absolute Gasteiger partial charge is 0.241 e. The van der Waals surface area contributed by atoms with Gasteiger partial charge in [0, 0.05) is 25.7 Å². The molecule has 1 aromatic rings. The van der Waals surface area contributed by atoms with E-state index in [1.54, 1.807) is 0 Å². The van der Waals surface area contributed by atoms with Crippen molar-refractivity contribution in [3.8, 4) is 0 Å². The average molecular weight is 425 g/mol. The number of nitrogens with one attached hydrogen (secondary N) is 3. The van der Waals surface area contributed by atoms with Crippen LogP contribution in [0.1, 0.15) is 40.0 Å². The van der Waals surface area contributed by atoms with Crippen LogP contribution in [-0.4, -0.2) is 57.4 Å². The normalized spacial score (nSPS) is 17.3. The van der Waals surface area contributed by atoms with E-state index in [0.717, 1.165) is 19.6 Å². The Morgan fingerprint density at radius 3 is 2.28 bits per heavy atom. The third kappa shape index (κ3) is 7.75. The molecule has 0 aliphatic carbocycles. The summed E-state index contributed by atoms with van der Waals surface area (Å²) in [5.74, 6) is -0.297. The van der Waals surface area contributed by atoms with E-state index < -0.39 is 16.1 Å². The summed E-state index contributed by atoms with van der Waals surface area (Å²) >= 11 is 0. The molecular weight excluding hydrogens is 392 g/mol. The molecule has 1 aliphatic rings. The minimum absolute atomic E-state index is 0.0321. The highest BCUT2D eigenvalue weighted by Gasteiger charge is 2.22. The van der Waals surface area contributed by atoms with E-state index in [9.17, 15) is 18.0 Å². The zero-order valence-corrected chi connectivity index (χ0v) is 18.2. The van der Waals surface area contributed by atoms with Gasteiger partial charge in [-0.05, 0) is 63.0 Å². The molecular formula is C20H32N4O4S.